The zero-order valence-corrected chi connectivity index (χ0v) is 11.6. The average Bonchev–Trinajstić information content (AvgIpc) is 2.90. The van der Waals surface area contributed by atoms with Gasteiger partial charge in [-0.3, -0.25) is 4.99 Å². The Morgan fingerprint density at radius 3 is 2.72 bits per heavy atom. The molecule has 0 aliphatic carbocycles. The van der Waals surface area contributed by atoms with E-state index in [9.17, 15) is 0 Å². The molecule has 0 bridgehead atoms. The van der Waals surface area contributed by atoms with Crippen molar-refractivity contribution < 1.29 is 0 Å². The van der Waals surface area contributed by atoms with Crippen molar-refractivity contribution in [1.29, 1.82) is 0 Å². The van der Waals surface area contributed by atoms with E-state index in [1.165, 1.54) is 41.8 Å². The monoisotopic (exact) mass is 244 g/mol. The summed E-state index contributed by atoms with van der Waals surface area (Å²) in [7, 11) is 0. The van der Waals surface area contributed by atoms with Gasteiger partial charge in [0.1, 0.15) is 5.84 Å². The highest BCUT2D eigenvalue weighted by Gasteiger charge is 2.12. The van der Waals surface area contributed by atoms with Gasteiger partial charge < -0.3 is 5.32 Å². The molecule has 2 heteroatoms. The summed E-state index contributed by atoms with van der Waals surface area (Å²) in [6.45, 7) is 6.44. The lowest BCUT2D eigenvalue weighted by Gasteiger charge is -2.14. The molecular formula is C16H24N2. The zero-order chi connectivity index (χ0) is 12.8. The van der Waals surface area contributed by atoms with Crippen LogP contribution >= 0.6 is 0 Å². The van der Waals surface area contributed by atoms with Gasteiger partial charge in [0.2, 0.25) is 0 Å². The third-order valence-corrected chi connectivity index (χ3v) is 3.64. The first kappa shape index (κ1) is 13.1. The van der Waals surface area contributed by atoms with E-state index in [-0.39, 0.29) is 0 Å². The smallest absolute Gasteiger partial charge is 0.101 e. The third kappa shape index (κ3) is 3.12. The van der Waals surface area contributed by atoms with Crippen molar-refractivity contribution >= 4 is 5.84 Å². The van der Waals surface area contributed by atoms with Crippen LogP contribution in [-0.4, -0.2) is 18.9 Å². The van der Waals surface area contributed by atoms with Crippen molar-refractivity contribution in [2.45, 2.75) is 46.0 Å². The summed E-state index contributed by atoms with van der Waals surface area (Å²) in [6, 6.07) is 6.76. The van der Waals surface area contributed by atoms with Crippen LogP contribution in [0.1, 0.15) is 43.4 Å². The molecule has 1 heterocycles. The van der Waals surface area contributed by atoms with Crippen LogP contribution in [0.25, 0.3) is 0 Å². The highest BCUT2D eigenvalue weighted by molar-refractivity contribution is 5.86. The van der Waals surface area contributed by atoms with Gasteiger partial charge in [-0.05, 0) is 36.0 Å². The molecule has 0 aromatic heterocycles. The Hall–Kier alpha value is -1.31. The fourth-order valence-electron chi connectivity index (χ4n) is 2.58. The molecule has 0 radical (unpaired) electrons. The summed E-state index contributed by atoms with van der Waals surface area (Å²) in [5, 5.41) is 3.39. The molecule has 0 spiro atoms. The molecule has 0 unspecified atom stereocenters. The number of rotatable bonds is 6. The van der Waals surface area contributed by atoms with Gasteiger partial charge in [-0.15, -0.1) is 0 Å². The fourth-order valence-corrected chi connectivity index (χ4v) is 2.58. The van der Waals surface area contributed by atoms with E-state index >= 15 is 0 Å². The van der Waals surface area contributed by atoms with E-state index in [2.05, 4.69) is 42.4 Å². The lowest BCUT2D eigenvalue weighted by atomic mass is 9.93. The van der Waals surface area contributed by atoms with E-state index in [4.69, 9.17) is 0 Å². The van der Waals surface area contributed by atoms with Crippen LogP contribution in [0.4, 0.5) is 0 Å². The van der Waals surface area contributed by atoms with E-state index in [1.54, 1.807) is 0 Å². The van der Waals surface area contributed by atoms with Gasteiger partial charge in [0.25, 0.3) is 0 Å². The highest BCUT2D eigenvalue weighted by atomic mass is 15.1. The predicted molar refractivity (Wildman–Crippen MR) is 78.4 cm³/mol. The standard InChI is InChI=1S/C16H24N2/c1-3-5-7-14-9-6-8-13(4-2)15(14)12-16-17-10-11-18-16/h6,8-9H,3-5,7,10-12H2,1-2H3,(H,17,18). The molecule has 1 aliphatic rings. The Morgan fingerprint density at radius 2 is 2.06 bits per heavy atom. The molecule has 1 aromatic carbocycles. The van der Waals surface area contributed by atoms with Crippen LogP contribution in [0.2, 0.25) is 0 Å². The van der Waals surface area contributed by atoms with Crippen molar-refractivity contribution in [3.8, 4) is 0 Å². The molecule has 1 aromatic rings. The van der Waals surface area contributed by atoms with Gasteiger partial charge in [0.15, 0.2) is 0 Å². The molecule has 0 amide bonds. The molecular weight excluding hydrogens is 220 g/mol. The second-order valence-corrected chi connectivity index (χ2v) is 4.94. The normalized spacial score (nSPS) is 14.4. The number of nitrogens with one attached hydrogen (secondary N) is 1. The number of amidine groups is 1. The number of nitrogens with zero attached hydrogens (tertiary/aromatic N) is 1. The number of hydrogen-bond donors (Lipinski definition) is 1. The van der Waals surface area contributed by atoms with Gasteiger partial charge >= 0.3 is 0 Å². The summed E-state index contributed by atoms with van der Waals surface area (Å²) < 4.78 is 0. The Kier molecular flexibility index (Phi) is 4.80. The summed E-state index contributed by atoms with van der Waals surface area (Å²) in [6.07, 6.45) is 5.84. The van der Waals surface area contributed by atoms with Crippen molar-refractivity contribution in [2.75, 3.05) is 13.1 Å². The summed E-state index contributed by atoms with van der Waals surface area (Å²) >= 11 is 0. The quantitative estimate of drug-likeness (QED) is 0.817. The Bertz CT molecular complexity index is 421. The zero-order valence-electron chi connectivity index (χ0n) is 11.6. The lowest BCUT2D eigenvalue weighted by Crippen LogP contribution is -2.21. The van der Waals surface area contributed by atoms with Gasteiger partial charge in [0, 0.05) is 13.0 Å². The number of aryl methyl sites for hydroxylation is 2. The van der Waals surface area contributed by atoms with E-state index in [0.717, 1.165) is 25.9 Å². The summed E-state index contributed by atoms with van der Waals surface area (Å²) in [5.41, 5.74) is 4.52. The van der Waals surface area contributed by atoms with Gasteiger partial charge in [0.05, 0.1) is 6.54 Å². The highest BCUT2D eigenvalue weighted by Crippen LogP contribution is 2.19. The number of benzene rings is 1. The fraction of sp³-hybridized carbons (Fsp3) is 0.562. The van der Waals surface area contributed by atoms with Crippen LogP contribution < -0.4 is 5.32 Å². The molecule has 2 rings (SSSR count). The number of aliphatic imine (C=N–C) groups is 1. The van der Waals surface area contributed by atoms with Gasteiger partial charge in [-0.2, -0.15) is 0 Å². The lowest BCUT2D eigenvalue weighted by molar-refractivity contribution is 0.787. The molecule has 0 saturated carbocycles. The van der Waals surface area contributed by atoms with Crippen molar-refractivity contribution in [1.82, 2.24) is 5.32 Å². The molecule has 2 nitrogen and oxygen atoms in total. The maximum absolute atomic E-state index is 4.53. The summed E-state index contributed by atoms with van der Waals surface area (Å²) in [4.78, 5) is 4.53. The van der Waals surface area contributed by atoms with Crippen LogP contribution in [0, 0.1) is 0 Å². The molecule has 0 fully saturated rings. The first-order valence-electron chi connectivity index (χ1n) is 7.22. The first-order valence-corrected chi connectivity index (χ1v) is 7.22. The van der Waals surface area contributed by atoms with Crippen LogP contribution in [-0.2, 0) is 19.3 Å². The molecule has 1 aliphatic heterocycles. The molecule has 0 saturated heterocycles. The predicted octanol–water partition coefficient (Wildman–Crippen LogP) is 3.14. The van der Waals surface area contributed by atoms with Crippen LogP contribution in [0.3, 0.4) is 0 Å². The first-order chi connectivity index (χ1) is 8.85. The second kappa shape index (κ2) is 6.58. The maximum atomic E-state index is 4.53. The Morgan fingerprint density at radius 1 is 1.22 bits per heavy atom. The van der Waals surface area contributed by atoms with Crippen molar-refractivity contribution in [3.05, 3.63) is 34.9 Å². The summed E-state index contributed by atoms with van der Waals surface area (Å²) in [5.74, 6) is 1.17. The van der Waals surface area contributed by atoms with Crippen molar-refractivity contribution in [3.63, 3.8) is 0 Å². The van der Waals surface area contributed by atoms with E-state index in [0.29, 0.717) is 0 Å². The largest absolute Gasteiger partial charge is 0.372 e. The van der Waals surface area contributed by atoms with Crippen molar-refractivity contribution in [2.24, 2.45) is 4.99 Å². The van der Waals surface area contributed by atoms with Crippen LogP contribution in [0.5, 0.6) is 0 Å². The number of hydrogen-bond acceptors (Lipinski definition) is 2. The minimum atomic E-state index is 0.938. The van der Waals surface area contributed by atoms with E-state index in [1.807, 2.05) is 0 Å². The average molecular weight is 244 g/mol. The molecule has 1 N–H and O–H groups in total. The molecule has 18 heavy (non-hydrogen) atoms. The van der Waals surface area contributed by atoms with Gasteiger partial charge in [-0.1, -0.05) is 38.5 Å². The number of unbranched alkanes of at least 4 members (excludes halogenated alkanes) is 1. The van der Waals surface area contributed by atoms with E-state index < -0.39 is 0 Å². The maximum Gasteiger partial charge on any atom is 0.101 e. The SMILES string of the molecule is CCCCc1cccc(CC)c1CC1=NCCN1. The Balaban J connectivity index is 2.22. The van der Waals surface area contributed by atoms with Gasteiger partial charge in [-0.25, -0.2) is 0 Å². The minimum absolute atomic E-state index is 0.938. The molecule has 98 valence electrons. The Labute approximate surface area is 111 Å². The topological polar surface area (TPSA) is 24.4 Å². The second-order valence-electron chi connectivity index (χ2n) is 4.94. The third-order valence-electron chi connectivity index (χ3n) is 3.64. The minimum Gasteiger partial charge on any atom is -0.372 e. The van der Waals surface area contributed by atoms with Crippen LogP contribution in [0.15, 0.2) is 23.2 Å². The molecule has 0 atom stereocenters.